The van der Waals surface area contributed by atoms with Crippen molar-refractivity contribution < 1.29 is 14.3 Å². The van der Waals surface area contributed by atoms with Crippen molar-refractivity contribution in [3.63, 3.8) is 0 Å². The molecular formula is C11H7ClO3. The van der Waals surface area contributed by atoms with Gasteiger partial charge in [0.25, 0.3) is 0 Å². The number of halogens is 1. The van der Waals surface area contributed by atoms with Gasteiger partial charge in [0.2, 0.25) is 0 Å². The number of benzene rings is 1. The predicted molar refractivity (Wildman–Crippen MR) is 54.1 cm³/mol. The van der Waals surface area contributed by atoms with E-state index in [1.165, 1.54) is 0 Å². The highest BCUT2D eigenvalue weighted by Crippen LogP contribution is 2.23. The topological polar surface area (TPSA) is 43.4 Å². The molecule has 0 unspecified atom stereocenters. The predicted octanol–water partition coefficient (Wildman–Crippen LogP) is 1.81. The van der Waals surface area contributed by atoms with Crippen molar-refractivity contribution in [1.29, 1.82) is 0 Å². The maximum atomic E-state index is 11.2. The van der Waals surface area contributed by atoms with Crippen LogP contribution in [0.15, 0.2) is 40.9 Å². The van der Waals surface area contributed by atoms with Gasteiger partial charge in [-0.2, -0.15) is 0 Å². The molecule has 0 spiro atoms. The third kappa shape index (κ3) is 1.92. The van der Waals surface area contributed by atoms with E-state index >= 15 is 0 Å². The van der Waals surface area contributed by atoms with Gasteiger partial charge < -0.3 is 4.74 Å². The molecule has 15 heavy (non-hydrogen) atoms. The second-order valence-electron chi connectivity index (χ2n) is 3.13. The van der Waals surface area contributed by atoms with Crippen LogP contribution in [0.3, 0.4) is 0 Å². The van der Waals surface area contributed by atoms with Gasteiger partial charge in [0.05, 0.1) is 5.57 Å². The zero-order valence-electron chi connectivity index (χ0n) is 7.70. The van der Waals surface area contributed by atoms with Gasteiger partial charge in [0.1, 0.15) is 5.03 Å². The van der Waals surface area contributed by atoms with Crippen molar-refractivity contribution in [2.45, 2.75) is 6.42 Å². The Labute approximate surface area is 91.3 Å². The standard InChI is InChI=1S/C11H7ClO3/c12-9-8(10(13)15-11(9)14)6-7-4-2-1-3-5-7/h1-5H,6H2. The quantitative estimate of drug-likeness (QED) is 0.566. The van der Waals surface area contributed by atoms with Gasteiger partial charge in [-0.1, -0.05) is 41.9 Å². The van der Waals surface area contributed by atoms with Crippen LogP contribution in [-0.4, -0.2) is 11.9 Å². The van der Waals surface area contributed by atoms with Crippen LogP contribution in [0.4, 0.5) is 0 Å². The summed E-state index contributed by atoms with van der Waals surface area (Å²) in [6.45, 7) is 0. The summed E-state index contributed by atoms with van der Waals surface area (Å²) in [5, 5.41) is -0.108. The number of rotatable bonds is 2. The zero-order chi connectivity index (χ0) is 10.8. The lowest BCUT2D eigenvalue weighted by molar-refractivity contribution is -0.150. The van der Waals surface area contributed by atoms with Crippen molar-refractivity contribution in [2.75, 3.05) is 0 Å². The minimum absolute atomic E-state index is 0.108. The van der Waals surface area contributed by atoms with Gasteiger partial charge in [0, 0.05) is 6.42 Å². The second kappa shape index (κ2) is 3.87. The fourth-order valence-corrected chi connectivity index (χ4v) is 1.54. The molecule has 0 saturated carbocycles. The van der Waals surface area contributed by atoms with Gasteiger partial charge in [-0.05, 0) is 5.56 Å². The lowest BCUT2D eigenvalue weighted by Gasteiger charge is -1.98. The molecule has 0 aromatic heterocycles. The third-order valence-corrected chi connectivity index (χ3v) is 2.48. The van der Waals surface area contributed by atoms with E-state index in [1.807, 2.05) is 30.3 Å². The molecule has 0 N–H and O–H groups in total. The monoisotopic (exact) mass is 222 g/mol. The summed E-state index contributed by atoms with van der Waals surface area (Å²) in [5.41, 5.74) is 1.14. The first-order valence-corrected chi connectivity index (χ1v) is 4.75. The van der Waals surface area contributed by atoms with E-state index in [0.29, 0.717) is 6.42 Å². The molecule has 1 heterocycles. The van der Waals surface area contributed by atoms with E-state index < -0.39 is 11.9 Å². The highest BCUT2D eigenvalue weighted by Gasteiger charge is 2.31. The van der Waals surface area contributed by atoms with Crippen LogP contribution >= 0.6 is 11.6 Å². The van der Waals surface area contributed by atoms with Gasteiger partial charge in [0.15, 0.2) is 0 Å². The Morgan fingerprint density at radius 1 is 1.07 bits per heavy atom. The van der Waals surface area contributed by atoms with Gasteiger partial charge in [-0.25, -0.2) is 9.59 Å². The number of hydrogen-bond acceptors (Lipinski definition) is 3. The molecule has 0 aliphatic carbocycles. The van der Waals surface area contributed by atoms with E-state index in [0.717, 1.165) is 5.56 Å². The molecule has 0 fully saturated rings. The van der Waals surface area contributed by atoms with E-state index in [-0.39, 0.29) is 10.6 Å². The minimum atomic E-state index is -0.757. The van der Waals surface area contributed by atoms with Crippen LogP contribution in [0, 0.1) is 0 Å². The molecule has 1 aliphatic rings. The van der Waals surface area contributed by atoms with Crippen molar-refractivity contribution in [3.05, 3.63) is 46.5 Å². The summed E-state index contributed by atoms with van der Waals surface area (Å²) in [6.07, 6.45) is 0.324. The van der Waals surface area contributed by atoms with Crippen molar-refractivity contribution in [1.82, 2.24) is 0 Å². The molecule has 3 nitrogen and oxygen atoms in total. The van der Waals surface area contributed by atoms with Crippen LogP contribution in [-0.2, 0) is 20.7 Å². The van der Waals surface area contributed by atoms with Crippen molar-refractivity contribution >= 4 is 23.5 Å². The van der Waals surface area contributed by atoms with Gasteiger partial charge in [-0.15, -0.1) is 0 Å². The molecule has 0 bridgehead atoms. The Bertz CT molecular complexity index is 448. The van der Waals surface area contributed by atoms with E-state index in [2.05, 4.69) is 4.74 Å². The maximum absolute atomic E-state index is 11.2. The summed E-state index contributed by atoms with van der Waals surface area (Å²) < 4.78 is 4.37. The van der Waals surface area contributed by atoms with Crippen molar-refractivity contribution in [2.24, 2.45) is 0 Å². The Morgan fingerprint density at radius 2 is 1.73 bits per heavy atom. The van der Waals surface area contributed by atoms with E-state index in [4.69, 9.17) is 11.6 Å². The molecule has 4 heteroatoms. The van der Waals surface area contributed by atoms with E-state index in [9.17, 15) is 9.59 Å². The molecular weight excluding hydrogens is 216 g/mol. The average molecular weight is 223 g/mol. The van der Waals surface area contributed by atoms with Crippen LogP contribution in [0.2, 0.25) is 0 Å². The minimum Gasteiger partial charge on any atom is -0.385 e. The molecule has 0 atom stereocenters. The Kier molecular flexibility index (Phi) is 2.56. The molecule has 76 valence electrons. The summed E-state index contributed by atoms with van der Waals surface area (Å²) in [5.74, 6) is -1.40. The number of hydrogen-bond donors (Lipinski definition) is 0. The smallest absolute Gasteiger partial charge is 0.358 e. The Balaban J connectivity index is 2.27. The molecule has 0 saturated heterocycles. The van der Waals surface area contributed by atoms with Crippen LogP contribution < -0.4 is 0 Å². The summed E-state index contributed by atoms with van der Waals surface area (Å²) in [4.78, 5) is 22.2. The van der Waals surface area contributed by atoms with E-state index in [1.54, 1.807) is 0 Å². The number of cyclic esters (lactones) is 2. The van der Waals surface area contributed by atoms with Crippen LogP contribution in [0.1, 0.15) is 5.56 Å². The third-order valence-electron chi connectivity index (χ3n) is 2.10. The highest BCUT2D eigenvalue weighted by atomic mass is 35.5. The molecule has 2 rings (SSSR count). The normalized spacial score (nSPS) is 15.8. The first-order chi connectivity index (χ1) is 7.18. The van der Waals surface area contributed by atoms with Crippen LogP contribution in [0.25, 0.3) is 0 Å². The first-order valence-electron chi connectivity index (χ1n) is 4.37. The fourth-order valence-electron chi connectivity index (χ4n) is 1.35. The second-order valence-corrected chi connectivity index (χ2v) is 3.51. The average Bonchev–Trinajstić information content (AvgIpc) is 2.47. The summed E-state index contributed by atoms with van der Waals surface area (Å²) in [6, 6.07) is 9.29. The molecule has 1 aromatic carbocycles. The SMILES string of the molecule is O=C1OC(=O)C(Cc2ccccc2)=C1Cl. The Morgan fingerprint density at radius 3 is 2.27 bits per heavy atom. The summed E-state index contributed by atoms with van der Waals surface area (Å²) >= 11 is 5.66. The van der Waals surface area contributed by atoms with Gasteiger partial charge >= 0.3 is 11.9 Å². The lowest BCUT2D eigenvalue weighted by Crippen LogP contribution is -2.03. The number of carbonyl (C=O) groups excluding carboxylic acids is 2. The van der Waals surface area contributed by atoms with Crippen molar-refractivity contribution in [3.8, 4) is 0 Å². The maximum Gasteiger partial charge on any atom is 0.358 e. The first kappa shape index (κ1) is 9.93. The molecule has 0 amide bonds. The highest BCUT2D eigenvalue weighted by molar-refractivity contribution is 6.45. The molecule has 1 aliphatic heterocycles. The molecule has 1 aromatic rings. The van der Waals surface area contributed by atoms with Crippen LogP contribution in [0.5, 0.6) is 0 Å². The number of ether oxygens (including phenoxy) is 1. The summed E-state index contributed by atoms with van der Waals surface area (Å²) in [7, 11) is 0. The Hall–Kier alpha value is -1.61. The largest absolute Gasteiger partial charge is 0.385 e. The van der Waals surface area contributed by atoms with Gasteiger partial charge in [-0.3, -0.25) is 0 Å². The molecule has 0 radical (unpaired) electrons. The fraction of sp³-hybridized carbons (Fsp3) is 0.0909. The lowest BCUT2D eigenvalue weighted by atomic mass is 10.1. The zero-order valence-corrected chi connectivity index (χ0v) is 8.45. The number of esters is 2. The number of carbonyl (C=O) groups is 2.